The fraction of sp³-hybridized carbons (Fsp3) is 0.364. The molecule has 0 spiro atoms. The Kier molecular flexibility index (Phi) is 3.32. The van der Waals surface area contributed by atoms with Crippen LogP contribution >= 0.6 is 11.8 Å². The van der Waals surface area contributed by atoms with Crippen LogP contribution in [0.15, 0.2) is 29.2 Å². The molecule has 1 aromatic rings. The lowest BCUT2D eigenvalue weighted by molar-refractivity contribution is 0.122. The number of thioether (sulfide) groups is 1. The van der Waals surface area contributed by atoms with Gasteiger partial charge in [-0.2, -0.15) is 0 Å². The number of anilines is 1. The number of morpholine rings is 1. The van der Waals surface area contributed by atoms with Gasteiger partial charge in [-0.3, -0.25) is 0 Å². The largest absolute Gasteiger partial charge is 0.378 e. The number of benzene rings is 1. The zero-order valence-electron chi connectivity index (χ0n) is 8.11. The predicted molar refractivity (Wildman–Crippen MR) is 60.7 cm³/mol. The SMILES string of the molecule is [CH2]Sc1ccccc1N1CCOCC1. The van der Waals surface area contributed by atoms with Crippen molar-refractivity contribution in [1.29, 1.82) is 0 Å². The maximum Gasteiger partial charge on any atom is 0.0642 e. The van der Waals surface area contributed by atoms with Gasteiger partial charge in [0, 0.05) is 24.2 Å². The summed E-state index contributed by atoms with van der Waals surface area (Å²) in [7, 11) is 0. The summed E-state index contributed by atoms with van der Waals surface area (Å²) in [6.45, 7) is 3.63. The highest BCUT2D eigenvalue weighted by atomic mass is 32.2. The highest BCUT2D eigenvalue weighted by Crippen LogP contribution is 2.29. The van der Waals surface area contributed by atoms with Gasteiger partial charge in [-0.05, 0) is 12.1 Å². The minimum absolute atomic E-state index is 0.830. The van der Waals surface area contributed by atoms with Crippen LogP contribution in [0, 0.1) is 6.26 Å². The molecular weight excluding hydrogens is 194 g/mol. The van der Waals surface area contributed by atoms with Gasteiger partial charge in [0.1, 0.15) is 0 Å². The zero-order valence-corrected chi connectivity index (χ0v) is 8.93. The van der Waals surface area contributed by atoms with Crippen LogP contribution in [-0.4, -0.2) is 26.3 Å². The monoisotopic (exact) mass is 208 g/mol. The Bertz CT molecular complexity index is 297. The third-order valence-electron chi connectivity index (χ3n) is 2.37. The fourth-order valence-corrected chi connectivity index (χ4v) is 2.16. The Morgan fingerprint density at radius 3 is 2.64 bits per heavy atom. The molecule has 0 aromatic heterocycles. The first-order chi connectivity index (χ1) is 6.92. The van der Waals surface area contributed by atoms with Crippen molar-refractivity contribution in [2.24, 2.45) is 0 Å². The maximum atomic E-state index is 5.33. The number of nitrogens with zero attached hydrogens (tertiary/aromatic N) is 1. The number of ether oxygens (including phenoxy) is 1. The van der Waals surface area contributed by atoms with Gasteiger partial charge >= 0.3 is 0 Å². The summed E-state index contributed by atoms with van der Waals surface area (Å²) in [5.74, 6) is 0. The van der Waals surface area contributed by atoms with E-state index in [1.807, 2.05) is 0 Å². The minimum Gasteiger partial charge on any atom is -0.378 e. The van der Waals surface area contributed by atoms with Gasteiger partial charge in [-0.15, -0.1) is 11.8 Å². The number of rotatable bonds is 2. The normalized spacial score (nSPS) is 17.1. The lowest BCUT2D eigenvalue weighted by atomic mass is 10.2. The van der Waals surface area contributed by atoms with Gasteiger partial charge in [0.15, 0.2) is 0 Å². The zero-order chi connectivity index (χ0) is 9.80. The van der Waals surface area contributed by atoms with Gasteiger partial charge in [0.25, 0.3) is 0 Å². The van der Waals surface area contributed by atoms with Crippen molar-refractivity contribution in [2.75, 3.05) is 31.2 Å². The second-order valence-electron chi connectivity index (χ2n) is 3.21. The number of hydrogen-bond donors (Lipinski definition) is 0. The fourth-order valence-electron chi connectivity index (χ4n) is 1.64. The van der Waals surface area contributed by atoms with E-state index in [1.165, 1.54) is 10.6 Å². The lowest BCUT2D eigenvalue weighted by Gasteiger charge is -2.30. The van der Waals surface area contributed by atoms with E-state index in [2.05, 4.69) is 35.4 Å². The molecule has 0 bridgehead atoms. The number of para-hydroxylation sites is 1. The summed E-state index contributed by atoms with van der Waals surface area (Å²) in [6.07, 6.45) is 3.87. The standard InChI is InChI=1S/C11H14NOS/c1-14-11-5-3-2-4-10(11)12-6-8-13-9-7-12/h2-5H,1,6-9H2. The molecule has 0 atom stereocenters. The highest BCUT2D eigenvalue weighted by molar-refractivity contribution is 8.00. The molecule has 0 N–H and O–H groups in total. The van der Waals surface area contributed by atoms with Crippen molar-refractivity contribution < 1.29 is 4.74 Å². The minimum atomic E-state index is 0.830. The molecule has 1 aliphatic rings. The molecule has 2 nitrogen and oxygen atoms in total. The van der Waals surface area contributed by atoms with Crippen LogP contribution in [0.25, 0.3) is 0 Å². The van der Waals surface area contributed by atoms with Gasteiger partial charge in [-0.25, -0.2) is 0 Å². The Balaban J connectivity index is 2.20. The predicted octanol–water partition coefficient (Wildman–Crippen LogP) is 2.41. The van der Waals surface area contributed by atoms with Crippen molar-refractivity contribution in [3.05, 3.63) is 30.5 Å². The molecule has 1 radical (unpaired) electrons. The quantitative estimate of drug-likeness (QED) is 0.692. The summed E-state index contributed by atoms with van der Waals surface area (Å²) >= 11 is 1.56. The Morgan fingerprint density at radius 2 is 1.93 bits per heavy atom. The van der Waals surface area contributed by atoms with E-state index in [-0.39, 0.29) is 0 Å². The van der Waals surface area contributed by atoms with Crippen LogP contribution in [0.4, 0.5) is 5.69 Å². The summed E-state index contributed by atoms with van der Waals surface area (Å²) < 4.78 is 5.33. The molecule has 1 aliphatic heterocycles. The summed E-state index contributed by atoms with van der Waals surface area (Å²) in [4.78, 5) is 3.60. The second kappa shape index (κ2) is 4.71. The van der Waals surface area contributed by atoms with E-state index >= 15 is 0 Å². The van der Waals surface area contributed by atoms with Crippen LogP contribution in [-0.2, 0) is 4.74 Å². The Hall–Kier alpha value is -0.670. The third kappa shape index (κ3) is 2.04. The molecule has 0 amide bonds. The van der Waals surface area contributed by atoms with Gasteiger partial charge in [-0.1, -0.05) is 12.1 Å². The van der Waals surface area contributed by atoms with E-state index in [9.17, 15) is 0 Å². The molecule has 0 saturated carbocycles. The van der Waals surface area contributed by atoms with Crippen molar-refractivity contribution in [3.63, 3.8) is 0 Å². The Labute approximate surface area is 89.2 Å². The molecule has 3 heteroatoms. The van der Waals surface area contributed by atoms with Crippen LogP contribution in [0.5, 0.6) is 0 Å². The third-order valence-corrected chi connectivity index (χ3v) is 3.03. The van der Waals surface area contributed by atoms with Crippen LogP contribution in [0.1, 0.15) is 0 Å². The number of hydrogen-bond acceptors (Lipinski definition) is 3. The van der Waals surface area contributed by atoms with Crippen molar-refractivity contribution in [1.82, 2.24) is 0 Å². The molecule has 2 rings (SSSR count). The van der Waals surface area contributed by atoms with E-state index in [4.69, 9.17) is 4.74 Å². The van der Waals surface area contributed by atoms with E-state index in [1.54, 1.807) is 11.8 Å². The summed E-state index contributed by atoms with van der Waals surface area (Å²) in [6, 6.07) is 8.39. The van der Waals surface area contributed by atoms with E-state index in [0.29, 0.717) is 0 Å². The highest BCUT2D eigenvalue weighted by Gasteiger charge is 2.13. The van der Waals surface area contributed by atoms with Crippen molar-refractivity contribution in [2.45, 2.75) is 4.90 Å². The van der Waals surface area contributed by atoms with Crippen LogP contribution < -0.4 is 4.90 Å². The molecule has 0 unspecified atom stereocenters. The van der Waals surface area contributed by atoms with E-state index in [0.717, 1.165) is 26.3 Å². The molecule has 0 aliphatic carbocycles. The van der Waals surface area contributed by atoms with Crippen LogP contribution in [0.3, 0.4) is 0 Å². The smallest absolute Gasteiger partial charge is 0.0642 e. The van der Waals surface area contributed by atoms with Crippen LogP contribution in [0.2, 0.25) is 0 Å². The first-order valence-corrected chi connectivity index (χ1v) is 5.74. The van der Waals surface area contributed by atoms with E-state index < -0.39 is 0 Å². The molecule has 1 heterocycles. The van der Waals surface area contributed by atoms with Gasteiger partial charge in [0.05, 0.1) is 18.9 Å². The maximum absolute atomic E-state index is 5.33. The van der Waals surface area contributed by atoms with Crippen molar-refractivity contribution >= 4 is 17.4 Å². The molecule has 1 aromatic carbocycles. The van der Waals surface area contributed by atoms with Gasteiger partial charge in [0.2, 0.25) is 0 Å². The first-order valence-electron chi connectivity index (χ1n) is 4.75. The average molecular weight is 208 g/mol. The molecule has 1 saturated heterocycles. The summed E-state index contributed by atoms with van der Waals surface area (Å²) in [5, 5.41) is 0. The lowest BCUT2D eigenvalue weighted by Crippen LogP contribution is -2.36. The van der Waals surface area contributed by atoms with Crippen molar-refractivity contribution in [3.8, 4) is 0 Å². The second-order valence-corrected chi connectivity index (χ2v) is 3.94. The van der Waals surface area contributed by atoms with Gasteiger partial charge < -0.3 is 9.64 Å². The molecule has 75 valence electrons. The Morgan fingerprint density at radius 1 is 1.21 bits per heavy atom. The molecule has 1 fully saturated rings. The topological polar surface area (TPSA) is 12.5 Å². The molecular formula is C11H14NOS. The summed E-state index contributed by atoms with van der Waals surface area (Å²) in [5.41, 5.74) is 1.29. The average Bonchev–Trinajstić information content (AvgIpc) is 2.30. The molecule has 14 heavy (non-hydrogen) atoms. The first kappa shape index (κ1) is 9.87.